The molecule has 0 radical (unpaired) electrons. The average molecular weight is 325 g/mol. The van der Waals surface area contributed by atoms with Crippen LogP contribution < -0.4 is 5.73 Å². The number of methoxy groups -OCH3 is 1. The zero-order chi connectivity index (χ0) is 16.8. The molecule has 23 heavy (non-hydrogen) atoms. The molecule has 1 amide bonds. The van der Waals surface area contributed by atoms with Gasteiger partial charge in [0.05, 0.1) is 18.6 Å². The van der Waals surface area contributed by atoms with Crippen molar-refractivity contribution in [3.8, 4) is 0 Å². The molecule has 0 aromatic rings. The quantitative estimate of drug-likeness (QED) is 0.618. The summed E-state index contributed by atoms with van der Waals surface area (Å²) in [5, 5.41) is 0. The van der Waals surface area contributed by atoms with Crippen molar-refractivity contribution in [3.63, 3.8) is 0 Å². The van der Waals surface area contributed by atoms with Gasteiger partial charge in [0.1, 0.15) is 23.4 Å². The Morgan fingerprint density at radius 1 is 1.43 bits per heavy atom. The second-order valence-corrected chi connectivity index (χ2v) is 7.35. The van der Waals surface area contributed by atoms with Crippen LogP contribution in [-0.2, 0) is 18.9 Å². The Labute approximate surface area is 137 Å². The second-order valence-electron chi connectivity index (χ2n) is 7.35. The average Bonchev–Trinajstić information content (AvgIpc) is 3.37. The Hall–Kier alpha value is -1.11. The molecule has 1 spiro atoms. The fraction of sp³-hybridized carbons (Fsp3) is 0.824. The summed E-state index contributed by atoms with van der Waals surface area (Å²) in [6, 6.07) is 0. The van der Waals surface area contributed by atoms with Crippen molar-refractivity contribution >= 4 is 6.09 Å². The zero-order valence-electron chi connectivity index (χ0n) is 14.3. The molecule has 2 aliphatic heterocycles. The molecule has 1 saturated carbocycles. The Morgan fingerprint density at radius 3 is 2.65 bits per heavy atom. The highest BCUT2D eigenvalue weighted by Gasteiger charge is 2.72. The van der Waals surface area contributed by atoms with Crippen LogP contribution in [0.1, 0.15) is 40.0 Å². The number of rotatable bonds is 5. The molecule has 3 aliphatic rings. The summed E-state index contributed by atoms with van der Waals surface area (Å²) in [5.74, 6) is 0.0358. The minimum atomic E-state index is -0.758. The van der Waals surface area contributed by atoms with Gasteiger partial charge in [0.2, 0.25) is 0 Å². The number of carbonyl (C=O) groups is 1. The highest BCUT2D eigenvalue weighted by atomic mass is 16.6. The molecule has 2 N–H and O–H groups in total. The van der Waals surface area contributed by atoms with Gasteiger partial charge in [-0.2, -0.15) is 0 Å². The molecule has 3 rings (SSSR count). The minimum Gasteiger partial charge on any atom is -0.444 e. The molecular weight excluding hydrogens is 298 g/mol. The monoisotopic (exact) mass is 325 g/mol. The molecule has 2 saturated heterocycles. The SMILES string of the molecule is CO[C@@H]1[C@H](OC(N)=O)CCC2(CO2)[C@H]1[C@@]1(C)O[C@@H]1CC=C(C)C. The maximum atomic E-state index is 11.2. The highest BCUT2D eigenvalue weighted by molar-refractivity contribution is 5.64. The van der Waals surface area contributed by atoms with Crippen LogP contribution in [0.15, 0.2) is 11.6 Å². The van der Waals surface area contributed by atoms with Crippen LogP contribution in [0.25, 0.3) is 0 Å². The molecule has 1 unspecified atom stereocenters. The first-order valence-electron chi connectivity index (χ1n) is 8.26. The van der Waals surface area contributed by atoms with Crippen molar-refractivity contribution in [3.05, 3.63) is 11.6 Å². The predicted octanol–water partition coefficient (Wildman–Crippen LogP) is 2.16. The van der Waals surface area contributed by atoms with E-state index in [4.69, 9.17) is 24.7 Å². The zero-order valence-corrected chi connectivity index (χ0v) is 14.3. The predicted molar refractivity (Wildman–Crippen MR) is 84.0 cm³/mol. The first-order valence-corrected chi connectivity index (χ1v) is 8.26. The molecule has 3 fully saturated rings. The molecule has 1 aliphatic carbocycles. The van der Waals surface area contributed by atoms with Crippen molar-refractivity contribution in [2.75, 3.05) is 13.7 Å². The summed E-state index contributed by atoms with van der Waals surface area (Å²) in [7, 11) is 1.65. The van der Waals surface area contributed by atoms with Gasteiger partial charge < -0.3 is 24.7 Å². The van der Waals surface area contributed by atoms with Gasteiger partial charge in [0, 0.05) is 7.11 Å². The summed E-state index contributed by atoms with van der Waals surface area (Å²) in [6.45, 7) is 7.00. The molecular formula is C17H27NO5. The van der Waals surface area contributed by atoms with Crippen LogP contribution >= 0.6 is 0 Å². The summed E-state index contributed by atoms with van der Waals surface area (Å²) >= 11 is 0. The third-order valence-electron chi connectivity index (χ3n) is 5.50. The van der Waals surface area contributed by atoms with Gasteiger partial charge in [-0.25, -0.2) is 4.79 Å². The van der Waals surface area contributed by atoms with Crippen molar-refractivity contribution in [1.29, 1.82) is 0 Å². The van der Waals surface area contributed by atoms with Crippen LogP contribution in [0, 0.1) is 5.92 Å². The van der Waals surface area contributed by atoms with E-state index in [0.717, 1.165) is 19.4 Å². The van der Waals surface area contributed by atoms with E-state index >= 15 is 0 Å². The van der Waals surface area contributed by atoms with Gasteiger partial charge in [-0.15, -0.1) is 0 Å². The maximum Gasteiger partial charge on any atom is 0.404 e. The Morgan fingerprint density at radius 2 is 2.13 bits per heavy atom. The largest absolute Gasteiger partial charge is 0.444 e. The Balaban J connectivity index is 1.79. The minimum absolute atomic E-state index is 0.0358. The van der Waals surface area contributed by atoms with Crippen LogP contribution in [0.5, 0.6) is 0 Å². The lowest BCUT2D eigenvalue weighted by Crippen LogP contribution is -2.55. The van der Waals surface area contributed by atoms with Crippen LogP contribution in [-0.4, -0.2) is 49.3 Å². The standard InChI is InChI=1S/C17H27NO5/c1-10(2)5-6-12-16(3,23-12)14-13(20-4)11(22-15(18)19)7-8-17(14)9-21-17/h5,11-14H,6-9H2,1-4H3,(H2,18,19)/t11-,12-,13-,14-,16+,17?/m1/s1. The summed E-state index contributed by atoms with van der Waals surface area (Å²) in [5.41, 5.74) is 5.98. The highest BCUT2D eigenvalue weighted by Crippen LogP contribution is 2.59. The lowest BCUT2D eigenvalue weighted by molar-refractivity contribution is -0.117. The van der Waals surface area contributed by atoms with E-state index in [0.29, 0.717) is 6.42 Å². The fourth-order valence-corrected chi connectivity index (χ4v) is 4.22. The van der Waals surface area contributed by atoms with Crippen LogP contribution in [0.2, 0.25) is 0 Å². The second kappa shape index (κ2) is 5.76. The lowest BCUT2D eigenvalue weighted by Gasteiger charge is -2.42. The van der Waals surface area contributed by atoms with E-state index in [9.17, 15) is 4.79 Å². The number of amides is 1. The van der Waals surface area contributed by atoms with Crippen molar-refractivity contribution in [2.45, 2.75) is 69.5 Å². The Kier molecular flexibility index (Phi) is 4.19. The summed E-state index contributed by atoms with van der Waals surface area (Å²) in [4.78, 5) is 11.2. The molecule has 0 aromatic heterocycles. The first kappa shape index (κ1) is 16.7. The van der Waals surface area contributed by atoms with Gasteiger partial charge >= 0.3 is 6.09 Å². The molecule has 6 atom stereocenters. The molecule has 0 aromatic carbocycles. The van der Waals surface area contributed by atoms with Gasteiger partial charge in [-0.3, -0.25) is 0 Å². The number of carbonyl (C=O) groups excluding carboxylic acids is 1. The number of primary amides is 1. The van der Waals surface area contributed by atoms with Gasteiger partial charge in [-0.1, -0.05) is 11.6 Å². The number of hydrogen-bond donors (Lipinski definition) is 1. The third kappa shape index (κ3) is 2.99. The van der Waals surface area contributed by atoms with Gasteiger partial charge in [0.25, 0.3) is 0 Å². The van der Waals surface area contributed by atoms with Crippen molar-refractivity contribution < 1.29 is 23.7 Å². The van der Waals surface area contributed by atoms with E-state index < -0.39 is 6.09 Å². The summed E-state index contributed by atoms with van der Waals surface area (Å²) in [6.07, 6.45) is 3.39. The fourth-order valence-electron chi connectivity index (χ4n) is 4.22. The summed E-state index contributed by atoms with van der Waals surface area (Å²) < 4.78 is 22.9. The normalized spacial score (nSPS) is 44.7. The lowest BCUT2D eigenvalue weighted by atomic mass is 9.68. The van der Waals surface area contributed by atoms with Crippen LogP contribution in [0.3, 0.4) is 0 Å². The third-order valence-corrected chi connectivity index (χ3v) is 5.50. The van der Waals surface area contributed by atoms with E-state index in [1.54, 1.807) is 7.11 Å². The van der Waals surface area contributed by atoms with Gasteiger partial charge in [-0.05, 0) is 40.0 Å². The Bertz CT molecular complexity index is 511. The topological polar surface area (TPSA) is 86.6 Å². The van der Waals surface area contributed by atoms with Crippen LogP contribution in [0.4, 0.5) is 4.79 Å². The number of nitrogens with two attached hydrogens (primary N) is 1. The van der Waals surface area contributed by atoms with Crippen molar-refractivity contribution in [1.82, 2.24) is 0 Å². The van der Waals surface area contributed by atoms with E-state index in [2.05, 4.69) is 26.8 Å². The maximum absolute atomic E-state index is 11.2. The molecule has 6 heteroatoms. The van der Waals surface area contributed by atoms with E-state index in [1.165, 1.54) is 5.57 Å². The smallest absolute Gasteiger partial charge is 0.404 e. The first-order chi connectivity index (χ1) is 10.8. The number of ether oxygens (including phenoxy) is 4. The molecule has 0 bridgehead atoms. The molecule has 130 valence electrons. The number of allylic oxidation sites excluding steroid dienone is 1. The van der Waals surface area contributed by atoms with Gasteiger partial charge in [0.15, 0.2) is 0 Å². The number of epoxide rings is 2. The molecule has 6 nitrogen and oxygen atoms in total. The molecule has 2 heterocycles. The van der Waals surface area contributed by atoms with E-state index in [1.807, 2.05) is 0 Å². The van der Waals surface area contributed by atoms with E-state index in [-0.39, 0.29) is 35.4 Å². The van der Waals surface area contributed by atoms with Crippen molar-refractivity contribution in [2.24, 2.45) is 11.7 Å². The number of hydrogen-bond acceptors (Lipinski definition) is 5.